The van der Waals surface area contributed by atoms with Crippen LogP contribution < -0.4 is 11.1 Å². The zero-order valence-corrected chi connectivity index (χ0v) is 7.49. The Hall–Kier alpha value is -1.06. The Morgan fingerprint density at radius 1 is 1.54 bits per heavy atom. The van der Waals surface area contributed by atoms with Crippen molar-refractivity contribution in [2.24, 2.45) is 0 Å². The lowest BCUT2D eigenvalue weighted by atomic mass is 10.1. The third-order valence-electron chi connectivity index (χ3n) is 2.17. The first kappa shape index (κ1) is 8.53. The predicted molar refractivity (Wildman–Crippen MR) is 52.3 cm³/mol. The van der Waals surface area contributed by atoms with E-state index >= 15 is 0 Å². The van der Waals surface area contributed by atoms with Crippen LogP contribution in [0.15, 0.2) is 24.3 Å². The van der Waals surface area contributed by atoms with Crippen LogP contribution in [0, 0.1) is 0 Å². The van der Waals surface area contributed by atoms with Gasteiger partial charge in [-0.05, 0) is 17.7 Å². The molecule has 1 aromatic rings. The average molecular weight is 178 g/mol. The van der Waals surface area contributed by atoms with Gasteiger partial charge >= 0.3 is 0 Å². The predicted octanol–water partition coefficient (Wildman–Crippen LogP) is 0.757. The molecular weight excluding hydrogens is 164 g/mol. The van der Waals surface area contributed by atoms with Gasteiger partial charge in [-0.15, -0.1) is 0 Å². The highest BCUT2D eigenvalue weighted by Crippen LogP contribution is 2.10. The third kappa shape index (κ3) is 2.20. The maximum Gasteiger partial charge on any atom is 0.112 e. The van der Waals surface area contributed by atoms with Crippen LogP contribution in [0.5, 0.6) is 0 Å². The van der Waals surface area contributed by atoms with E-state index in [9.17, 15) is 0 Å². The molecule has 1 aliphatic rings. The number of rotatable bonds is 2. The lowest BCUT2D eigenvalue weighted by Gasteiger charge is -2.09. The second-order valence-electron chi connectivity index (χ2n) is 3.26. The topological polar surface area (TPSA) is 47.3 Å². The second kappa shape index (κ2) is 3.77. The van der Waals surface area contributed by atoms with Gasteiger partial charge in [0.15, 0.2) is 0 Å². The van der Waals surface area contributed by atoms with Crippen molar-refractivity contribution < 1.29 is 4.74 Å². The van der Waals surface area contributed by atoms with Crippen molar-refractivity contribution in [1.82, 2.24) is 5.32 Å². The molecule has 0 radical (unpaired) electrons. The fraction of sp³-hybridized carbons (Fsp3) is 0.400. The van der Waals surface area contributed by atoms with E-state index in [4.69, 9.17) is 10.5 Å². The largest absolute Gasteiger partial charge is 0.399 e. The summed E-state index contributed by atoms with van der Waals surface area (Å²) in [6, 6.07) is 7.93. The molecule has 1 heterocycles. The molecule has 1 aliphatic heterocycles. The van der Waals surface area contributed by atoms with Gasteiger partial charge in [0.05, 0.1) is 6.61 Å². The molecule has 2 rings (SSSR count). The Labute approximate surface area is 77.9 Å². The van der Waals surface area contributed by atoms with Gasteiger partial charge in [-0.1, -0.05) is 12.1 Å². The molecule has 13 heavy (non-hydrogen) atoms. The van der Waals surface area contributed by atoms with Gasteiger partial charge in [-0.3, -0.25) is 5.32 Å². The number of anilines is 1. The summed E-state index contributed by atoms with van der Waals surface area (Å²) in [6.45, 7) is 1.76. The van der Waals surface area contributed by atoms with E-state index in [1.54, 1.807) is 0 Å². The van der Waals surface area contributed by atoms with Gasteiger partial charge in [0.2, 0.25) is 0 Å². The monoisotopic (exact) mass is 178 g/mol. The number of hydrogen-bond donors (Lipinski definition) is 2. The molecule has 3 heteroatoms. The molecule has 0 amide bonds. The Morgan fingerprint density at radius 2 is 2.46 bits per heavy atom. The highest BCUT2D eigenvalue weighted by molar-refractivity contribution is 5.40. The molecular formula is C10H14N2O. The van der Waals surface area contributed by atoms with E-state index in [2.05, 4.69) is 11.4 Å². The van der Waals surface area contributed by atoms with E-state index in [-0.39, 0.29) is 6.23 Å². The highest BCUT2D eigenvalue weighted by Gasteiger charge is 2.14. The zero-order chi connectivity index (χ0) is 9.10. The zero-order valence-electron chi connectivity index (χ0n) is 7.49. The van der Waals surface area contributed by atoms with Crippen molar-refractivity contribution in [3.05, 3.63) is 29.8 Å². The fourth-order valence-corrected chi connectivity index (χ4v) is 1.55. The quantitative estimate of drug-likeness (QED) is 0.657. The Balaban J connectivity index is 2.00. The average Bonchev–Trinajstić information content (AvgIpc) is 2.57. The van der Waals surface area contributed by atoms with E-state index in [0.29, 0.717) is 0 Å². The van der Waals surface area contributed by atoms with Crippen molar-refractivity contribution in [3.8, 4) is 0 Å². The van der Waals surface area contributed by atoms with Crippen LogP contribution in [0.25, 0.3) is 0 Å². The summed E-state index contributed by atoms with van der Waals surface area (Å²) in [5.41, 5.74) is 7.71. The normalized spacial score (nSPS) is 22.0. The summed E-state index contributed by atoms with van der Waals surface area (Å²) >= 11 is 0. The van der Waals surface area contributed by atoms with E-state index < -0.39 is 0 Å². The summed E-state index contributed by atoms with van der Waals surface area (Å²) in [6.07, 6.45) is 1.06. The van der Waals surface area contributed by atoms with Crippen LogP contribution in [-0.2, 0) is 11.2 Å². The standard InChI is InChI=1S/C10H14N2O/c11-9-3-1-2-8(6-9)7-10-12-4-5-13-10/h1-3,6,10,12H,4-5,7,11H2. The molecule has 0 aliphatic carbocycles. The molecule has 1 aromatic carbocycles. The number of nitrogens with one attached hydrogen (secondary N) is 1. The first-order valence-electron chi connectivity index (χ1n) is 4.54. The lowest BCUT2D eigenvalue weighted by Crippen LogP contribution is -2.24. The van der Waals surface area contributed by atoms with Gasteiger partial charge in [0.25, 0.3) is 0 Å². The third-order valence-corrected chi connectivity index (χ3v) is 2.17. The summed E-state index contributed by atoms with van der Waals surface area (Å²) in [5.74, 6) is 0. The highest BCUT2D eigenvalue weighted by atomic mass is 16.5. The first-order chi connectivity index (χ1) is 6.34. The van der Waals surface area contributed by atoms with Gasteiger partial charge in [-0.25, -0.2) is 0 Å². The number of nitrogen functional groups attached to an aromatic ring is 1. The van der Waals surface area contributed by atoms with E-state index in [1.165, 1.54) is 5.56 Å². The smallest absolute Gasteiger partial charge is 0.112 e. The molecule has 3 N–H and O–H groups in total. The molecule has 0 spiro atoms. The molecule has 70 valence electrons. The van der Waals surface area contributed by atoms with Gasteiger partial charge in [0.1, 0.15) is 6.23 Å². The lowest BCUT2D eigenvalue weighted by molar-refractivity contribution is 0.102. The van der Waals surface area contributed by atoms with Crippen molar-refractivity contribution in [3.63, 3.8) is 0 Å². The minimum Gasteiger partial charge on any atom is -0.399 e. The maximum atomic E-state index is 5.67. The summed E-state index contributed by atoms with van der Waals surface area (Å²) < 4.78 is 5.44. The van der Waals surface area contributed by atoms with Gasteiger partial charge in [-0.2, -0.15) is 0 Å². The molecule has 0 saturated carbocycles. The molecule has 3 nitrogen and oxygen atoms in total. The minimum atomic E-state index is 0.168. The number of benzene rings is 1. The van der Waals surface area contributed by atoms with Crippen LogP contribution in [0.3, 0.4) is 0 Å². The van der Waals surface area contributed by atoms with Crippen LogP contribution in [0.1, 0.15) is 5.56 Å². The first-order valence-corrected chi connectivity index (χ1v) is 4.54. The minimum absolute atomic E-state index is 0.168. The maximum absolute atomic E-state index is 5.67. The van der Waals surface area contributed by atoms with Crippen molar-refractivity contribution >= 4 is 5.69 Å². The number of ether oxygens (including phenoxy) is 1. The van der Waals surface area contributed by atoms with Crippen molar-refractivity contribution in [2.45, 2.75) is 12.6 Å². The molecule has 1 unspecified atom stereocenters. The van der Waals surface area contributed by atoms with Crippen LogP contribution in [0.2, 0.25) is 0 Å². The SMILES string of the molecule is Nc1cccc(CC2NCCO2)c1. The van der Waals surface area contributed by atoms with Crippen molar-refractivity contribution in [1.29, 1.82) is 0 Å². The number of nitrogens with two attached hydrogens (primary N) is 1. The molecule has 1 fully saturated rings. The van der Waals surface area contributed by atoms with Gasteiger partial charge in [0, 0.05) is 18.7 Å². The number of hydrogen-bond acceptors (Lipinski definition) is 3. The second-order valence-corrected chi connectivity index (χ2v) is 3.26. The van der Waals surface area contributed by atoms with Crippen LogP contribution >= 0.6 is 0 Å². The fourth-order valence-electron chi connectivity index (χ4n) is 1.55. The summed E-state index contributed by atoms with van der Waals surface area (Å²) in [7, 11) is 0. The molecule has 0 bridgehead atoms. The Morgan fingerprint density at radius 3 is 3.15 bits per heavy atom. The Kier molecular flexibility index (Phi) is 2.47. The molecule has 0 aromatic heterocycles. The molecule has 1 saturated heterocycles. The van der Waals surface area contributed by atoms with Crippen LogP contribution in [-0.4, -0.2) is 19.4 Å². The molecule has 1 atom stereocenters. The Bertz CT molecular complexity index is 282. The van der Waals surface area contributed by atoms with Gasteiger partial charge < -0.3 is 10.5 Å². The van der Waals surface area contributed by atoms with E-state index in [1.807, 2.05) is 18.2 Å². The summed E-state index contributed by atoms with van der Waals surface area (Å²) in [4.78, 5) is 0. The van der Waals surface area contributed by atoms with Crippen molar-refractivity contribution in [2.75, 3.05) is 18.9 Å². The van der Waals surface area contributed by atoms with Crippen LogP contribution in [0.4, 0.5) is 5.69 Å². The summed E-state index contributed by atoms with van der Waals surface area (Å²) in [5, 5.41) is 3.26. The van der Waals surface area contributed by atoms with E-state index in [0.717, 1.165) is 25.3 Å².